The first-order valence-electron chi connectivity index (χ1n) is 6.51. The largest absolute Gasteiger partial charge is 0.343 e. The molecule has 2 rings (SSSR count). The molecule has 1 unspecified atom stereocenters. The number of amides is 1. The van der Waals surface area contributed by atoms with Gasteiger partial charge in [-0.1, -0.05) is 36.8 Å². The first-order valence-corrected chi connectivity index (χ1v) is 6.51. The fourth-order valence-electron chi connectivity index (χ4n) is 2.37. The average Bonchev–Trinajstić information content (AvgIpc) is 2.83. The first-order chi connectivity index (χ1) is 8.16. The number of carbonyl (C=O) groups excluding carboxylic acids is 1. The van der Waals surface area contributed by atoms with E-state index in [4.69, 9.17) is 0 Å². The van der Waals surface area contributed by atoms with Crippen LogP contribution < -0.4 is 0 Å². The van der Waals surface area contributed by atoms with E-state index < -0.39 is 0 Å². The maximum absolute atomic E-state index is 12.0. The van der Waals surface area contributed by atoms with Crippen LogP contribution in [0.1, 0.15) is 43.2 Å². The second-order valence-electron chi connectivity index (χ2n) is 5.10. The van der Waals surface area contributed by atoms with Crippen LogP contribution in [0, 0.1) is 6.92 Å². The Hall–Kier alpha value is -1.31. The zero-order chi connectivity index (χ0) is 12.3. The summed E-state index contributed by atoms with van der Waals surface area (Å²) in [4.78, 5) is 14.0. The Labute approximate surface area is 104 Å². The number of hydrogen-bond donors (Lipinski definition) is 0. The molecule has 1 aromatic rings. The smallest absolute Gasteiger partial charge is 0.223 e. The van der Waals surface area contributed by atoms with E-state index in [1.807, 2.05) is 4.90 Å². The van der Waals surface area contributed by atoms with Gasteiger partial charge >= 0.3 is 0 Å². The fraction of sp³-hybridized carbons (Fsp3) is 0.533. The molecule has 1 amide bonds. The van der Waals surface area contributed by atoms with Crippen molar-refractivity contribution in [2.75, 3.05) is 13.1 Å². The SMILES string of the molecule is Cc1ccc(C(C)CC(=O)N2CCCC2)cc1. The van der Waals surface area contributed by atoms with Crippen molar-refractivity contribution in [1.29, 1.82) is 0 Å². The Morgan fingerprint density at radius 1 is 1.24 bits per heavy atom. The van der Waals surface area contributed by atoms with Crippen molar-refractivity contribution < 1.29 is 4.79 Å². The second kappa shape index (κ2) is 5.35. The lowest BCUT2D eigenvalue weighted by atomic mass is 9.96. The van der Waals surface area contributed by atoms with Crippen LogP contribution in [-0.2, 0) is 4.79 Å². The summed E-state index contributed by atoms with van der Waals surface area (Å²) in [6, 6.07) is 8.51. The summed E-state index contributed by atoms with van der Waals surface area (Å²) in [6.45, 7) is 6.14. The number of hydrogen-bond acceptors (Lipinski definition) is 1. The molecule has 17 heavy (non-hydrogen) atoms. The number of aryl methyl sites for hydroxylation is 1. The van der Waals surface area contributed by atoms with Gasteiger partial charge < -0.3 is 4.90 Å². The fourth-order valence-corrected chi connectivity index (χ4v) is 2.37. The van der Waals surface area contributed by atoms with Gasteiger partial charge in [0.05, 0.1) is 0 Å². The number of carbonyl (C=O) groups is 1. The first kappa shape index (κ1) is 12.2. The molecule has 1 atom stereocenters. The van der Waals surface area contributed by atoms with E-state index in [0.717, 1.165) is 13.1 Å². The molecule has 92 valence electrons. The molecule has 1 aromatic carbocycles. The highest BCUT2D eigenvalue weighted by Gasteiger charge is 2.20. The van der Waals surface area contributed by atoms with Crippen molar-refractivity contribution >= 4 is 5.91 Å². The van der Waals surface area contributed by atoms with Gasteiger partial charge in [0.2, 0.25) is 5.91 Å². The van der Waals surface area contributed by atoms with Crippen molar-refractivity contribution in [1.82, 2.24) is 4.90 Å². The third-order valence-corrected chi connectivity index (χ3v) is 3.59. The molecule has 2 nitrogen and oxygen atoms in total. The van der Waals surface area contributed by atoms with Crippen LogP contribution in [0.5, 0.6) is 0 Å². The van der Waals surface area contributed by atoms with Crippen molar-refractivity contribution in [3.05, 3.63) is 35.4 Å². The molecule has 1 heterocycles. The van der Waals surface area contributed by atoms with E-state index in [-0.39, 0.29) is 0 Å². The van der Waals surface area contributed by atoms with E-state index in [1.54, 1.807) is 0 Å². The van der Waals surface area contributed by atoms with Crippen molar-refractivity contribution in [3.63, 3.8) is 0 Å². The molecular formula is C15H21NO. The van der Waals surface area contributed by atoms with Gasteiger partial charge in [-0.15, -0.1) is 0 Å². The highest BCUT2D eigenvalue weighted by molar-refractivity contribution is 5.77. The van der Waals surface area contributed by atoms with E-state index >= 15 is 0 Å². The molecule has 1 aliphatic heterocycles. The molecule has 0 saturated carbocycles. The maximum Gasteiger partial charge on any atom is 0.223 e. The predicted octanol–water partition coefficient (Wildman–Crippen LogP) is 3.11. The Morgan fingerprint density at radius 2 is 1.82 bits per heavy atom. The molecule has 0 N–H and O–H groups in total. The van der Waals surface area contributed by atoms with E-state index in [9.17, 15) is 4.79 Å². The summed E-state index contributed by atoms with van der Waals surface area (Å²) in [5.41, 5.74) is 2.54. The van der Waals surface area contributed by atoms with Crippen molar-refractivity contribution in [2.24, 2.45) is 0 Å². The Bertz CT molecular complexity index is 376. The van der Waals surface area contributed by atoms with Gasteiger partial charge in [-0.3, -0.25) is 4.79 Å². The van der Waals surface area contributed by atoms with Crippen LogP contribution in [0.25, 0.3) is 0 Å². The van der Waals surface area contributed by atoms with Gasteiger partial charge in [0.25, 0.3) is 0 Å². The maximum atomic E-state index is 12.0. The van der Waals surface area contributed by atoms with Gasteiger partial charge in [0, 0.05) is 19.5 Å². The minimum absolute atomic E-state index is 0.315. The molecule has 0 aromatic heterocycles. The van der Waals surface area contributed by atoms with Gasteiger partial charge in [0.15, 0.2) is 0 Å². The molecular weight excluding hydrogens is 210 g/mol. The van der Waals surface area contributed by atoms with E-state index in [0.29, 0.717) is 18.2 Å². The summed E-state index contributed by atoms with van der Waals surface area (Å²) < 4.78 is 0. The highest BCUT2D eigenvalue weighted by atomic mass is 16.2. The summed E-state index contributed by atoms with van der Waals surface area (Å²) in [6.07, 6.45) is 2.98. The number of rotatable bonds is 3. The topological polar surface area (TPSA) is 20.3 Å². The molecule has 1 fully saturated rings. The Balaban J connectivity index is 1.93. The van der Waals surface area contributed by atoms with Gasteiger partial charge in [-0.05, 0) is 31.2 Å². The van der Waals surface area contributed by atoms with Crippen LogP contribution in [0.4, 0.5) is 0 Å². The Morgan fingerprint density at radius 3 is 2.41 bits per heavy atom. The second-order valence-corrected chi connectivity index (χ2v) is 5.10. The lowest BCUT2D eigenvalue weighted by Gasteiger charge is -2.18. The normalized spacial score (nSPS) is 17.2. The third kappa shape index (κ3) is 3.09. The lowest BCUT2D eigenvalue weighted by Crippen LogP contribution is -2.28. The molecule has 2 heteroatoms. The minimum Gasteiger partial charge on any atom is -0.343 e. The quantitative estimate of drug-likeness (QED) is 0.782. The van der Waals surface area contributed by atoms with Crippen molar-refractivity contribution in [2.45, 2.75) is 39.0 Å². The Kier molecular flexibility index (Phi) is 3.82. The standard InChI is InChI=1S/C15H21NO/c1-12-5-7-14(8-6-12)13(2)11-15(17)16-9-3-4-10-16/h5-8,13H,3-4,9-11H2,1-2H3. The van der Waals surface area contributed by atoms with Gasteiger partial charge in [-0.25, -0.2) is 0 Å². The van der Waals surface area contributed by atoms with Crippen LogP contribution in [0.2, 0.25) is 0 Å². The molecule has 0 aliphatic carbocycles. The predicted molar refractivity (Wildman–Crippen MR) is 70.0 cm³/mol. The zero-order valence-electron chi connectivity index (χ0n) is 10.8. The lowest BCUT2D eigenvalue weighted by molar-refractivity contribution is -0.130. The summed E-state index contributed by atoms with van der Waals surface area (Å²) in [5.74, 6) is 0.638. The molecule has 1 saturated heterocycles. The molecule has 1 aliphatic rings. The number of likely N-dealkylation sites (tertiary alicyclic amines) is 1. The van der Waals surface area contributed by atoms with Crippen LogP contribution >= 0.6 is 0 Å². The van der Waals surface area contributed by atoms with Crippen molar-refractivity contribution in [3.8, 4) is 0 Å². The van der Waals surface area contributed by atoms with E-state index in [2.05, 4.69) is 38.1 Å². The molecule has 0 radical (unpaired) electrons. The minimum atomic E-state index is 0.315. The summed E-state index contributed by atoms with van der Waals surface area (Å²) in [5, 5.41) is 0. The van der Waals surface area contributed by atoms with Crippen LogP contribution in [0.3, 0.4) is 0 Å². The number of nitrogens with zero attached hydrogens (tertiary/aromatic N) is 1. The van der Waals surface area contributed by atoms with Crippen LogP contribution in [-0.4, -0.2) is 23.9 Å². The highest BCUT2D eigenvalue weighted by Crippen LogP contribution is 2.21. The van der Waals surface area contributed by atoms with Crippen LogP contribution in [0.15, 0.2) is 24.3 Å². The summed E-state index contributed by atoms with van der Waals surface area (Å²) >= 11 is 0. The average molecular weight is 231 g/mol. The van der Waals surface area contributed by atoms with Gasteiger partial charge in [-0.2, -0.15) is 0 Å². The third-order valence-electron chi connectivity index (χ3n) is 3.59. The van der Waals surface area contributed by atoms with E-state index in [1.165, 1.54) is 24.0 Å². The van der Waals surface area contributed by atoms with Gasteiger partial charge in [0.1, 0.15) is 0 Å². The monoisotopic (exact) mass is 231 g/mol. The summed E-state index contributed by atoms with van der Waals surface area (Å²) in [7, 11) is 0. The molecule has 0 bridgehead atoms. The number of benzene rings is 1. The zero-order valence-corrected chi connectivity index (χ0v) is 10.8. The molecule has 0 spiro atoms.